The summed E-state index contributed by atoms with van der Waals surface area (Å²) in [5.41, 5.74) is 0.716. The van der Waals surface area contributed by atoms with Gasteiger partial charge in [0.1, 0.15) is 0 Å². The highest BCUT2D eigenvalue weighted by atomic mass is 16.4. The van der Waals surface area contributed by atoms with Crippen molar-refractivity contribution < 1.29 is 9.90 Å². The molecule has 2 fully saturated rings. The Labute approximate surface area is 92.1 Å². The molecular weight excluding hydrogens is 188 g/mol. The molecule has 2 saturated carbocycles. The first-order chi connectivity index (χ1) is 6.79. The Morgan fingerprint density at radius 1 is 1.40 bits per heavy atom. The normalized spacial score (nSPS) is 44.3. The molecule has 0 radical (unpaired) electrons. The number of carboxylic acids is 1. The maximum atomic E-state index is 11.1. The largest absolute Gasteiger partial charge is 0.481 e. The molecule has 2 heteroatoms. The minimum absolute atomic E-state index is 0.170. The topological polar surface area (TPSA) is 37.3 Å². The lowest BCUT2D eigenvalue weighted by Gasteiger charge is -2.34. The van der Waals surface area contributed by atoms with Crippen LogP contribution in [-0.4, -0.2) is 11.1 Å². The second-order valence-corrected chi connectivity index (χ2v) is 6.42. The molecule has 2 bridgehead atoms. The molecule has 0 aromatic carbocycles. The minimum atomic E-state index is -0.619. The summed E-state index contributed by atoms with van der Waals surface area (Å²) in [5, 5.41) is 9.12. The fraction of sp³-hybridized carbons (Fsp3) is 0.923. The van der Waals surface area contributed by atoms with Gasteiger partial charge in [-0.3, -0.25) is 4.79 Å². The fourth-order valence-corrected chi connectivity index (χ4v) is 4.09. The highest BCUT2D eigenvalue weighted by Gasteiger charge is 2.61. The van der Waals surface area contributed by atoms with Crippen LogP contribution >= 0.6 is 0 Å². The van der Waals surface area contributed by atoms with E-state index in [1.807, 2.05) is 6.92 Å². The van der Waals surface area contributed by atoms with Gasteiger partial charge in [0.2, 0.25) is 0 Å². The molecule has 0 aliphatic heterocycles. The Morgan fingerprint density at radius 2 is 2.00 bits per heavy atom. The van der Waals surface area contributed by atoms with Crippen LogP contribution < -0.4 is 0 Å². The molecule has 0 saturated heterocycles. The van der Waals surface area contributed by atoms with E-state index in [2.05, 4.69) is 20.8 Å². The van der Waals surface area contributed by atoms with Crippen LogP contribution in [0.25, 0.3) is 0 Å². The van der Waals surface area contributed by atoms with Gasteiger partial charge in [-0.15, -0.1) is 0 Å². The van der Waals surface area contributed by atoms with Crippen molar-refractivity contribution >= 4 is 5.97 Å². The van der Waals surface area contributed by atoms with Gasteiger partial charge in [-0.05, 0) is 41.9 Å². The molecule has 0 aromatic heterocycles. The quantitative estimate of drug-likeness (QED) is 0.760. The molecule has 2 nitrogen and oxygen atoms in total. The van der Waals surface area contributed by atoms with Crippen LogP contribution in [0.15, 0.2) is 0 Å². The number of carboxylic acid groups (broad SMARTS) is 1. The van der Waals surface area contributed by atoms with Gasteiger partial charge in [0.05, 0.1) is 5.92 Å². The van der Waals surface area contributed by atoms with Gasteiger partial charge >= 0.3 is 5.97 Å². The SMILES string of the molecule is CC(C(=O)O)C1CC2(C)CCC1C2(C)C. The third-order valence-corrected chi connectivity index (χ3v) is 5.72. The molecule has 0 heterocycles. The van der Waals surface area contributed by atoms with E-state index < -0.39 is 5.97 Å². The van der Waals surface area contributed by atoms with E-state index in [0.717, 1.165) is 6.42 Å². The second-order valence-electron chi connectivity index (χ2n) is 6.42. The Balaban J connectivity index is 2.26. The van der Waals surface area contributed by atoms with Gasteiger partial charge in [-0.2, -0.15) is 0 Å². The molecule has 2 rings (SSSR count). The average molecular weight is 210 g/mol. The van der Waals surface area contributed by atoms with Crippen molar-refractivity contribution in [2.75, 3.05) is 0 Å². The van der Waals surface area contributed by atoms with E-state index >= 15 is 0 Å². The van der Waals surface area contributed by atoms with Gasteiger partial charge in [0.25, 0.3) is 0 Å². The van der Waals surface area contributed by atoms with Crippen molar-refractivity contribution in [3.63, 3.8) is 0 Å². The monoisotopic (exact) mass is 210 g/mol. The predicted octanol–water partition coefficient (Wildman–Crippen LogP) is 3.17. The molecule has 15 heavy (non-hydrogen) atoms. The van der Waals surface area contributed by atoms with E-state index in [1.54, 1.807) is 0 Å². The molecule has 2 aliphatic carbocycles. The summed E-state index contributed by atoms with van der Waals surface area (Å²) >= 11 is 0. The summed E-state index contributed by atoms with van der Waals surface area (Å²) in [6.07, 6.45) is 3.62. The Morgan fingerprint density at radius 3 is 2.33 bits per heavy atom. The van der Waals surface area contributed by atoms with Crippen LogP contribution in [0.2, 0.25) is 0 Å². The van der Waals surface area contributed by atoms with Crippen molar-refractivity contribution in [1.82, 2.24) is 0 Å². The molecule has 0 aromatic rings. The minimum Gasteiger partial charge on any atom is -0.481 e. The van der Waals surface area contributed by atoms with Gasteiger partial charge in [0, 0.05) is 0 Å². The van der Waals surface area contributed by atoms with E-state index in [1.165, 1.54) is 12.8 Å². The smallest absolute Gasteiger partial charge is 0.306 e. The summed E-state index contributed by atoms with van der Waals surface area (Å²) in [6, 6.07) is 0. The van der Waals surface area contributed by atoms with Crippen LogP contribution in [0, 0.1) is 28.6 Å². The Hall–Kier alpha value is -0.530. The van der Waals surface area contributed by atoms with E-state index in [4.69, 9.17) is 5.11 Å². The molecule has 4 unspecified atom stereocenters. The summed E-state index contributed by atoms with van der Waals surface area (Å²) in [4.78, 5) is 11.1. The standard InChI is InChI=1S/C13H22O2/c1-8(11(14)15)9-7-13(4)6-5-10(9)12(13,2)3/h8-10H,5-7H2,1-4H3,(H,14,15). The van der Waals surface area contributed by atoms with Crippen molar-refractivity contribution in [1.29, 1.82) is 0 Å². The zero-order chi connectivity index (χ0) is 11.4. The van der Waals surface area contributed by atoms with E-state index in [0.29, 0.717) is 22.7 Å². The highest BCUT2D eigenvalue weighted by Crippen LogP contribution is 2.68. The zero-order valence-corrected chi connectivity index (χ0v) is 10.2. The summed E-state index contributed by atoms with van der Waals surface area (Å²) in [6.45, 7) is 8.90. The molecular formula is C13H22O2. The van der Waals surface area contributed by atoms with Crippen molar-refractivity contribution in [3.8, 4) is 0 Å². The van der Waals surface area contributed by atoms with Crippen LogP contribution in [0.3, 0.4) is 0 Å². The molecule has 2 aliphatic rings. The number of rotatable bonds is 2. The molecule has 0 amide bonds. The highest BCUT2D eigenvalue weighted by molar-refractivity contribution is 5.70. The average Bonchev–Trinajstić information content (AvgIpc) is 2.47. The lowest BCUT2D eigenvalue weighted by Crippen LogP contribution is -2.28. The Kier molecular flexibility index (Phi) is 2.19. The van der Waals surface area contributed by atoms with Crippen LogP contribution in [0.1, 0.15) is 47.0 Å². The van der Waals surface area contributed by atoms with Crippen molar-refractivity contribution in [3.05, 3.63) is 0 Å². The van der Waals surface area contributed by atoms with Crippen LogP contribution in [0.5, 0.6) is 0 Å². The maximum absolute atomic E-state index is 11.1. The molecule has 86 valence electrons. The lowest BCUT2D eigenvalue weighted by molar-refractivity contribution is -0.143. The number of aliphatic carboxylic acids is 1. The summed E-state index contributed by atoms with van der Waals surface area (Å²) < 4.78 is 0. The third-order valence-electron chi connectivity index (χ3n) is 5.72. The van der Waals surface area contributed by atoms with E-state index in [9.17, 15) is 4.79 Å². The maximum Gasteiger partial charge on any atom is 0.306 e. The molecule has 1 N–H and O–H groups in total. The Bertz CT molecular complexity index is 292. The number of fused-ring (bicyclic) bond motifs is 2. The van der Waals surface area contributed by atoms with Crippen molar-refractivity contribution in [2.45, 2.75) is 47.0 Å². The van der Waals surface area contributed by atoms with Gasteiger partial charge in [0.15, 0.2) is 0 Å². The zero-order valence-electron chi connectivity index (χ0n) is 10.2. The van der Waals surface area contributed by atoms with Gasteiger partial charge in [-0.1, -0.05) is 27.7 Å². The first-order valence-electron chi connectivity index (χ1n) is 6.02. The molecule has 0 spiro atoms. The van der Waals surface area contributed by atoms with Gasteiger partial charge < -0.3 is 5.11 Å². The summed E-state index contributed by atoms with van der Waals surface area (Å²) in [7, 11) is 0. The number of hydrogen-bond acceptors (Lipinski definition) is 1. The fourth-order valence-electron chi connectivity index (χ4n) is 4.09. The number of carbonyl (C=O) groups is 1. The first-order valence-corrected chi connectivity index (χ1v) is 6.02. The summed E-state index contributed by atoms with van der Waals surface area (Å²) in [5.74, 6) is 0.230. The second kappa shape index (κ2) is 2.99. The predicted molar refractivity (Wildman–Crippen MR) is 59.5 cm³/mol. The molecule has 4 atom stereocenters. The van der Waals surface area contributed by atoms with E-state index in [-0.39, 0.29) is 5.92 Å². The van der Waals surface area contributed by atoms with Crippen LogP contribution in [0.4, 0.5) is 0 Å². The van der Waals surface area contributed by atoms with Gasteiger partial charge in [-0.25, -0.2) is 0 Å². The lowest BCUT2D eigenvalue weighted by atomic mass is 9.71. The third kappa shape index (κ3) is 1.26. The first kappa shape index (κ1) is 11.0. The van der Waals surface area contributed by atoms with Crippen LogP contribution in [-0.2, 0) is 4.79 Å². The number of hydrogen-bond donors (Lipinski definition) is 1. The van der Waals surface area contributed by atoms with Crippen molar-refractivity contribution in [2.24, 2.45) is 28.6 Å².